The first kappa shape index (κ1) is 17.9. The van der Waals surface area contributed by atoms with Crippen LogP contribution in [0, 0.1) is 5.92 Å². The molecule has 1 aliphatic heterocycles. The molecule has 1 atom stereocenters. The van der Waals surface area contributed by atoms with Gasteiger partial charge in [0, 0.05) is 48.0 Å². The minimum Gasteiger partial charge on any atom is -0.341 e. The summed E-state index contributed by atoms with van der Waals surface area (Å²) in [5, 5.41) is 12.1. The monoisotopic (exact) mass is 372 g/mol. The van der Waals surface area contributed by atoms with E-state index in [1.165, 1.54) is 5.56 Å². The van der Waals surface area contributed by atoms with Crippen LogP contribution < -0.4 is 5.32 Å². The zero-order valence-electron chi connectivity index (χ0n) is 15.4. The highest BCUT2D eigenvalue weighted by molar-refractivity contribution is 7.99. The van der Waals surface area contributed by atoms with Crippen LogP contribution in [0.5, 0.6) is 0 Å². The number of H-pyrrole nitrogens is 1. The Bertz CT molecular complexity index is 747. The van der Waals surface area contributed by atoms with Crippen molar-refractivity contribution in [1.82, 2.24) is 20.4 Å². The molecule has 1 aromatic carbocycles. The molecule has 1 unspecified atom stereocenters. The van der Waals surface area contributed by atoms with Crippen molar-refractivity contribution in [2.45, 2.75) is 44.7 Å². The number of aromatic nitrogens is 2. The molecule has 5 nitrogen and oxygen atoms in total. The first-order chi connectivity index (χ1) is 12.7. The van der Waals surface area contributed by atoms with E-state index in [1.807, 2.05) is 18.0 Å². The highest BCUT2D eigenvalue weighted by atomic mass is 32.2. The molecule has 2 aromatic rings. The lowest BCUT2D eigenvalue weighted by Gasteiger charge is -2.35. The number of benzene rings is 1. The molecule has 26 heavy (non-hydrogen) atoms. The summed E-state index contributed by atoms with van der Waals surface area (Å²) in [6, 6.07) is 7.30. The topological polar surface area (TPSA) is 61.0 Å². The first-order valence-electron chi connectivity index (χ1n) is 9.76. The average Bonchev–Trinajstić information content (AvgIpc) is 3.16. The maximum Gasteiger partial charge on any atom is 0.225 e. The summed E-state index contributed by atoms with van der Waals surface area (Å²) in [5.41, 5.74) is 2.37. The number of amides is 1. The van der Waals surface area contributed by atoms with E-state index in [9.17, 15) is 4.79 Å². The fourth-order valence-electron chi connectivity index (χ4n) is 4.22. The first-order valence-corrected chi connectivity index (χ1v) is 10.9. The van der Waals surface area contributed by atoms with Crippen LogP contribution in [-0.2, 0) is 4.79 Å². The Labute approximate surface area is 159 Å². The van der Waals surface area contributed by atoms with Gasteiger partial charge in [0.15, 0.2) is 0 Å². The van der Waals surface area contributed by atoms with Crippen molar-refractivity contribution in [3.8, 4) is 0 Å². The number of hydrogen-bond donors (Lipinski definition) is 2. The lowest BCUT2D eigenvalue weighted by molar-refractivity contribution is -0.136. The van der Waals surface area contributed by atoms with E-state index >= 15 is 0 Å². The molecule has 1 saturated heterocycles. The predicted molar refractivity (Wildman–Crippen MR) is 107 cm³/mol. The van der Waals surface area contributed by atoms with Crippen LogP contribution in [0.25, 0.3) is 10.9 Å². The number of nitrogens with one attached hydrogen (secondary N) is 2. The number of thioether (sulfide) groups is 1. The van der Waals surface area contributed by atoms with Crippen LogP contribution in [0.4, 0.5) is 0 Å². The van der Waals surface area contributed by atoms with Gasteiger partial charge >= 0.3 is 0 Å². The summed E-state index contributed by atoms with van der Waals surface area (Å²) < 4.78 is 0. The zero-order chi connectivity index (χ0) is 17.9. The molecule has 1 aliphatic carbocycles. The van der Waals surface area contributed by atoms with E-state index in [0.29, 0.717) is 18.0 Å². The van der Waals surface area contributed by atoms with Gasteiger partial charge < -0.3 is 10.2 Å². The van der Waals surface area contributed by atoms with E-state index in [1.54, 1.807) is 0 Å². The number of rotatable bonds is 4. The second-order valence-corrected chi connectivity index (χ2v) is 8.82. The van der Waals surface area contributed by atoms with Gasteiger partial charge in [-0.15, -0.1) is 0 Å². The summed E-state index contributed by atoms with van der Waals surface area (Å²) >= 11 is 1.96. The summed E-state index contributed by atoms with van der Waals surface area (Å²) in [5.74, 6) is 2.84. The fourth-order valence-corrected chi connectivity index (χ4v) is 5.13. The number of aromatic amines is 1. The average molecular weight is 373 g/mol. The molecular formula is C20H28N4OS. The van der Waals surface area contributed by atoms with Gasteiger partial charge in [0.05, 0.1) is 11.7 Å². The second-order valence-electron chi connectivity index (χ2n) is 7.59. The van der Waals surface area contributed by atoms with Gasteiger partial charge in [-0.05, 0) is 44.2 Å². The maximum absolute atomic E-state index is 12.7. The maximum atomic E-state index is 12.7. The lowest BCUT2D eigenvalue weighted by atomic mass is 9.84. The van der Waals surface area contributed by atoms with Gasteiger partial charge in [-0.25, -0.2) is 0 Å². The van der Waals surface area contributed by atoms with Gasteiger partial charge in [0.2, 0.25) is 5.91 Å². The number of hydrogen-bond acceptors (Lipinski definition) is 4. The van der Waals surface area contributed by atoms with Crippen molar-refractivity contribution in [1.29, 1.82) is 0 Å². The van der Waals surface area contributed by atoms with Crippen LogP contribution >= 0.6 is 11.8 Å². The number of fused-ring (bicyclic) bond motifs is 1. The molecule has 0 spiro atoms. The van der Waals surface area contributed by atoms with Gasteiger partial charge in [0.1, 0.15) is 0 Å². The molecule has 140 valence electrons. The molecule has 2 aliphatic rings. The summed E-state index contributed by atoms with van der Waals surface area (Å²) in [6.45, 7) is 4.10. The predicted octanol–water partition coefficient (Wildman–Crippen LogP) is 3.35. The Morgan fingerprint density at radius 2 is 2.04 bits per heavy atom. The molecule has 1 amide bonds. The minimum atomic E-state index is 0.243. The van der Waals surface area contributed by atoms with Gasteiger partial charge in [-0.1, -0.05) is 12.1 Å². The number of nitrogens with zero attached hydrogens (tertiary/aromatic N) is 2. The van der Waals surface area contributed by atoms with Gasteiger partial charge in [0.25, 0.3) is 0 Å². The van der Waals surface area contributed by atoms with Crippen molar-refractivity contribution >= 4 is 28.6 Å². The van der Waals surface area contributed by atoms with E-state index in [-0.39, 0.29) is 5.92 Å². The van der Waals surface area contributed by atoms with E-state index in [2.05, 4.69) is 45.5 Å². The van der Waals surface area contributed by atoms with Crippen LogP contribution in [0.3, 0.4) is 0 Å². The molecule has 2 fully saturated rings. The Balaban J connectivity index is 1.29. The molecule has 1 aromatic heterocycles. The van der Waals surface area contributed by atoms with E-state index in [4.69, 9.17) is 0 Å². The van der Waals surface area contributed by atoms with Crippen molar-refractivity contribution in [3.63, 3.8) is 0 Å². The van der Waals surface area contributed by atoms with Crippen molar-refractivity contribution < 1.29 is 4.79 Å². The Hall–Kier alpha value is -1.53. The molecule has 0 radical (unpaired) electrons. The summed E-state index contributed by atoms with van der Waals surface area (Å²) in [6.07, 6.45) is 6.08. The van der Waals surface area contributed by atoms with Crippen molar-refractivity contribution in [2.75, 3.05) is 24.6 Å². The fraction of sp³-hybridized carbons (Fsp3) is 0.600. The molecule has 2 N–H and O–H groups in total. The Kier molecular flexibility index (Phi) is 5.50. The third kappa shape index (κ3) is 3.91. The highest BCUT2D eigenvalue weighted by Crippen LogP contribution is 2.29. The van der Waals surface area contributed by atoms with E-state index in [0.717, 1.165) is 61.2 Å². The third-order valence-electron chi connectivity index (χ3n) is 5.85. The summed E-state index contributed by atoms with van der Waals surface area (Å²) in [4.78, 5) is 14.8. The zero-order valence-corrected chi connectivity index (χ0v) is 16.2. The SMILES string of the molecule is CC(NC1CCC(C(=O)N2CCSCC2)CC1)c1ccc2cn[nH]c2c1. The smallest absolute Gasteiger partial charge is 0.225 e. The third-order valence-corrected chi connectivity index (χ3v) is 6.79. The highest BCUT2D eigenvalue weighted by Gasteiger charge is 2.30. The van der Waals surface area contributed by atoms with Crippen molar-refractivity contribution in [3.05, 3.63) is 30.0 Å². The molecule has 1 saturated carbocycles. The van der Waals surface area contributed by atoms with Gasteiger partial charge in [-0.3, -0.25) is 9.89 Å². The largest absolute Gasteiger partial charge is 0.341 e. The van der Waals surface area contributed by atoms with Crippen LogP contribution in [-0.4, -0.2) is 51.6 Å². The van der Waals surface area contributed by atoms with Crippen LogP contribution in [0.1, 0.15) is 44.2 Å². The normalized spacial score (nSPS) is 25.3. The standard InChI is InChI=1S/C20H28N4OS/c1-14(16-2-3-17-13-21-23-19(17)12-16)22-18-6-4-15(5-7-18)20(25)24-8-10-26-11-9-24/h2-3,12-15,18,22H,4-11H2,1H3,(H,21,23). The lowest BCUT2D eigenvalue weighted by Crippen LogP contribution is -2.44. The minimum absolute atomic E-state index is 0.243. The Morgan fingerprint density at radius 3 is 2.81 bits per heavy atom. The van der Waals surface area contributed by atoms with Gasteiger partial charge in [-0.2, -0.15) is 16.9 Å². The quantitative estimate of drug-likeness (QED) is 0.864. The van der Waals surface area contributed by atoms with Crippen LogP contribution in [0.2, 0.25) is 0 Å². The molecule has 2 heterocycles. The molecule has 6 heteroatoms. The molecule has 0 bridgehead atoms. The molecule has 4 rings (SSSR count). The van der Waals surface area contributed by atoms with Crippen LogP contribution in [0.15, 0.2) is 24.4 Å². The number of carbonyl (C=O) groups excluding carboxylic acids is 1. The summed E-state index contributed by atoms with van der Waals surface area (Å²) in [7, 11) is 0. The molecular weight excluding hydrogens is 344 g/mol. The Morgan fingerprint density at radius 1 is 1.27 bits per heavy atom. The van der Waals surface area contributed by atoms with Crippen molar-refractivity contribution in [2.24, 2.45) is 5.92 Å². The van der Waals surface area contributed by atoms with E-state index < -0.39 is 0 Å². The number of carbonyl (C=O) groups is 1. The second kappa shape index (κ2) is 8.01.